The van der Waals surface area contributed by atoms with Crippen molar-refractivity contribution >= 4 is 66.7 Å². The number of rotatable bonds is 5. The molecule has 2 N–H and O–H groups in total. The van der Waals surface area contributed by atoms with Gasteiger partial charge in [0.2, 0.25) is 10.0 Å². The van der Waals surface area contributed by atoms with E-state index >= 15 is 0 Å². The van der Waals surface area contributed by atoms with Gasteiger partial charge in [-0.05, 0) is 86.5 Å². The standard InChI is InChI=1S/C21H22FIN4O4S/c1-21(2,3)31-20(28)27-18-9-8-17(26-32(29,30)13-5-6-13)19(14(18)11-24-27)25-16-7-4-12(23)10-15(16)22/h4,7-11,13,25-26H,5-6H2,1-3H3. The lowest BCUT2D eigenvalue weighted by Crippen LogP contribution is -2.27. The Balaban J connectivity index is 1.81. The summed E-state index contributed by atoms with van der Waals surface area (Å²) in [6.45, 7) is 5.23. The fourth-order valence-corrected chi connectivity index (χ4v) is 4.97. The Kier molecular flexibility index (Phi) is 5.82. The summed E-state index contributed by atoms with van der Waals surface area (Å²) in [4.78, 5) is 12.6. The molecule has 4 rings (SSSR count). The molecule has 1 fully saturated rings. The van der Waals surface area contributed by atoms with Crippen LogP contribution in [0.1, 0.15) is 33.6 Å². The largest absolute Gasteiger partial charge is 0.442 e. The normalized spacial score (nSPS) is 14.4. The molecule has 0 unspecified atom stereocenters. The first kappa shape index (κ1) is 22.8. The van der Waals surface area contributed by atoms with Gasteiger partial charge in [-0.15, -0.1) is 0 Å². The van der Waals surface area contributed by atoms with E-state index in [0.717, 1.165) is 8.25 Å². The smallest absolute Gasteiger partial charge is 0.435 e. The van der Waals surface area contributed by atoms with Gasteiger partial charge >= 0.3 is 6.09 Å². The fraction of sp³-hybridized carbons (Fsp3) is 0.333. The third-order valence-electron chi connectivity index (χ3n) is 4.73. The average Bonchev–Trinajstić information content (AvgIpc) is 3.44. The van der Waals surface area contributed by atoms with Gasteiger partial charge in [0.05, 0.1) is 34.0 Å². The van der Waals surface area contributed by atoms with Crippen molar-refractivity contribution in [1.29, 1.82) is 0 Å². The van der Waals surface area contributed by atoms with Gasteiger partial charge in [0, 0.05) is 8.96 Å². The molecule has 8 nitrogen and oxygen atoms in total. The SMILES string of the molecule is CC(C)(C)OC(=O)n1ncc2c(Nc3ccc(I)cc3F)c(NS(=O)(=O)C3CC3)ccc21. The fourth-order valence-electron chi connectivity index (χ4n) is 3.11. The number of nitrogens with one attached hydrogen (secondary N) is 2. The van der Waals surface area contributed by atoms with Crippen LogP contribution in [0.4, 0.5) is 26.2 Å². The molecule has 1 heterocycles. The number of fused-ring (bicyclic) bond motifs is 1. The van der Waals surface area contributed by atoms with Gasteiger partial charge in [-0.1, -0.05) is 0 Å². The molecule has 0 aliphatic heterocycles. The number of hydrogen-bond donors (Lipinski definition) is 2. The summed E-state index contributed by atoms with van der Waals surface area (Å²) in [7, 11) is -3.58. The van der Waals surface area contributed by atoms with Crippen molar-refractivity contribution in [3.05, 3.63) is 45.9 Å². The van der Waals surface area contributed by atoms with Crippen molar-refractivity contribution < 1.29 is 22.3 Å². The molecule has 0 amide bonds. The van der Waals surface area contributed by atoms with Crippen LogP contribution in [0.2, 0.25) is 0 Å². The van der Waals surface area contributed by atoms with E-state index in [1.54, 1.807) is 39.0 Å². The first-order valence-corrected chi connectivity index (χ1v) is 12.5. The summed E-state index contributed by atoms with van der Waals surface area (Å²) in [5, 5.41) is 7.11. The highest BCUT2D eigenvalue weighted by Gasteiger charge is 2.36. The molecule has 170 valence electrons. The Morgan fingerprint density at radius 3 is 2.53 bits per heavy atom. The molecule has 32 heavy (non-hydrogen) atoms. The van der Waals surface area contributed by atoms with Gasteiger partial charge in [0.1, 0.15) is 11.4 Å². The Morgan fingerprint density at radius 1 is 1.22 bits per heavy atom. The molecule has 1 aliphatic rings. The summed E-state index contributed by atoms with van der Waals surface area (Å²) in [5.41, 5.74) is 0.366. The van der Waals surface area contributed by atoms with E-state index in [1.165, 1.54) is 18.3 Å². The van der Waals surface area contributed by atoms with E-state index in [-0.39, 0.29) is 11.4 Å². The number of anilines is 3. The highest BCUT2D eigenvalue weighted by Crippen LogP contribution is 2.38. The Morgan fingerprint density at radius 2 is 1.91 bits per heavy atom. The molecule has 3 aromatic rings. The summed E-state index contributed by atoms with van der Waals surface area (Å²) in [6.07, 6.45) is 1.94. The van der Waals surface area contributed by atoms with E-state index in [4.69, 9.17) is 4.74 Å². The second kappa shape index (κ2) is 8.18. The average molecular weight is 572 g/mol. The first-order chi connectivity index (χ1) is 14.9. The lowest BCUT2D eigenvalue weighted by molar-refractivity contribution is 0.0522. The van der Waals surface area contributed by atoms with Crippen LogP contribution < -0.4 is 10.0 Å². The minimum atomic E-state index is -3.58. The number of benzene rings is 2. The predicted octanol–water partition coefficient (Wildman–Crippen LogP) is 5.21. The monoisotopic (exact) mass is 572 g/mol. The minimum Gasteiger partial charge on any atom is -0.442 e. The summed E-state index contributed by atoms with van der Waals surface area (Å²) in [5.74, 6) is -0.496. The third kappa shape index (κ3) is 4.82. The number of nitrogens with zero attached hydrogens (tertiary/aromatic N) is 2. The van der Waals surface area contributed by atoms with Crippen molar-refractivity contribution in [3.8, 4) is 0 Å². The molecule has 0 spiro atoms. The molecule has 1 aromatic heterocycles. The molecule has 1 saturated carbocycles. The number of halogens is 2. The summed E-state index contributed by atoms with van der Waals surface area (Å²) < 4.78 is 49.5. The maximum atomic E-state index is 14.6. The van der Waals surface area contributed by atoms with Crippen molar-refractivity contribution in [2.75, 3.05) is 10.0 Å². The zero-order valence-electron chi connectivity index (χ0n) is 17.6. The molecule has 0 bridgehead atoms. The van der Waals surface area contributed by atoms with Crippen LogP contribution in [0.3, 0.4) is 0 Å². The number of carbonyl (C=O) groups excluding carboxylic acids is 1. The molecule has 2 aromatic carbocycles. The highest BCUT2D eigenvalue weighted by molar-refractivity contribution is 14.1. The lowest BCUT2D eigenvalue weighted by Gasteiger charge is -2.19. The zero-order chi connectivity index (χ0) is 23.3. The van der Waals surface area contributed by atoms with E-state index in [1.807, 2.05) is 22.6 Å². The summed E-state index contributed by atoms with van der Waals surface area (Å²) >= 11 is 2.00. The van der Waals surface area contributed by atoms with E-state index < -0.39 is 32.8 Å². The Labute approximate surface area is 198 Å². The Hall–Kier alpha value is -2.41. The maximum Gasteiger partial charge on any atom is 0.435 e. The third-order valence-corrected chi connectivity index (χ3v) is 7.25. The highest BCUT2D eigenvalue weighted by atomic mass is 127. The maximum absolute atomic E-state index is 14.6. The van der Waals surface area contributed by atoms with Crippen molar-refractivity contribution in [2.45, 2.75) is 44.5 Å². The van der Waals surface area contributed by atoms with Gasteiger partial charge in [-0.3, -0.25) is 4.72 Å². The second-order valence-electron chi connectivity index (χ2n) is 8.55. The number of sulfonamides is 1. The van der Waals surface area contributed by atoms with Gasteiger partial charge < -0.3 is 10.1 Å². The van der Waals surface area contributed by atoms with Crippen LogP contribution in [0.15, 0.2) is 36.5 Å². The number of aromatic nitrogens is 2. The molecule has 0 radical (unpaired) electrons. The van der Waals surface area contributed by atoms with Gasteiger partial charge in [-0.25, -0.2) is 17.6 Å². The van der Waals surface area contributed by atoms with Crippen molar-refractivity contribution in [3.63, 3.8) is 0 Å². The van der Waals surface area contributed by atoms with Gasteiger partial charge in [-0.2, -0.15) is 9.78 Å². The van der Waals surface area contributed by atoms with Crippen LogP contribution in [0.25, 0.3) is 10.9 Å². The minimum absolute atomic E-state index is 0.162. The van der Waals surface area contributed by atoms with E-state index in [2.05, 4.69) is 15.1 Å². The molecule has 1 aliphatic carbocycles. The predicted molar refractivity (Wildman–Crippen MR) is 129 cm³/mol. The van der Waals surface area contributed by atoms with E-state index in [9.17, 15) is 17.6 Å². The first-order valence-electron chi connectivity index (χ1n) is 9.92. The molecular weight excluding hydrogens is 550 g/mol. The number of hydrogen-bond acceptors (Lipinski definition) is 6. The summed E-state index contributed by atoms with van der Waals surface area (Å²) in [6, 6.07) is 7.75. The van der Waals surface area contributed by atoms with Crippen LogP contribution in [0.5, 0.6) is 0 Å². The van der Waals surface area contributed by atoms with Crippen LogP contribution in [-0.2, 0) is 14.8 Å². The van der Waals surface area contributed by atoms with Crippen molar-refractivity contribution in [2.24, 2.45) is 0 Å². The topological polar surface area (TPSA) is 102 Å². The van der Waals surface area contributed by atoms with Gasteiger partial charge in [0.15, 0.2) is 0 Å². The van der Waals surface area contributed by atoms with Gasteiger partial charge in [0.25, 0.3) is 0 Å². The molecular formula is C21H22FIN4O4S. The second-order valence-corrected chi connectivity index (χ2v) is 11.8. The molecule has 0 atom stereocenters. The van der Waals surface area contributed by atoms with Crippen LogP contribution in [0, 0.1) is 9.39 Å². The number of ether oxygens (including phenoxy) is 1. The quantitative estimate of drug-likeness (QED) is 0.407. The molecule has 11 heteroatoms. The lowest BCUT2D eigenvalue weighted by atomic mass is 10.1. The molecule has 0 saturated heterocycles. The Bertz CT molecular complexity index is 1310. The van der Waals surface area contributed by atoms with Crippen molar-refractivity contribution in [1.82, 2.24) is 9.78 Å². The van der Waals surface area contributed by atoms with Crippen LogP contribution >= 0.6 is 22.6 Å². The zero-order valence-corrected chi connectivity index (χ0v) is 20.6. The number of carbonyl (C=O) groups is 1. The van der Waals surface area contributed by atoms with E-state index in [0.29, 0.717) is 29.4 Å². The van der Waals surface area contributed by atoms with Crippen LogP contribution in [-0.4, -0.2) is 35.1 Å².